The molecule has 142 valence electrons. The molecule has 2 N–H and O–H groups in total. The summed E-state index contributed by atoms with van der Waals surface area (Å²) in [5, 5.41) is 17.0. The van der Waals surface area contributed by atoms with E-state index in [1.54, 1.807) is 23.9 Å². The zero-order valence-corrected chi connectivity index (χ0v) is 15.8. The first-order valence-corrected chi connectivity index (χ1v) is 9.45. The highest BCUT2D eigenvalue weighted by molar-refractivity contribution is 7.98. The van der Waals surface area contributed by atoms with Gasteiger partial charge in [0.2, 0.25) is 5.91 Å². The second-order valence-electron chi connectivity index (χ2n) is 5.60. The fourth-order valence-electron chi connectivity index (χ4n) is 2.57. The van der Waals surface area contributed by atoms with Crippen molar-refractivity contribution in [2.45, 2.75) is 19.0 Å². The van der Waals surface area contributed by atoms with E-state index in [2.05, 4.69) is 10.4 Å². The molecule has 0 aliphatic carbocycles. The van der Waals surface area contributed by atoms with Gasteiger partial charge < -0.3 is 19.9 Å². The molecule has 0 spiro atoms. The molecule has 1 aromatic carbocycles. The Morgan fingerprint density at radius 1 is 1.38 bits per heavy atom. The molecule has 2 rings (SSSR count). The highest BCUT2D eigenvalue weighted by Crippen LogP contribution is 2.32. The summed E-state index contributed by atoms with van der Waals surface area (Å²) in [4.78, 5) is 25.0. The number of amides is 1. The average Bonchev–Trinajstić information content (AvgIpc) is 2.66. The van der Waals surface area contributed by atoms with Crippen LogP contribution in [0.2, 0.25) is 0 Å². The van der Waals surface area contributed by atoms with Crippen molar-refractivity contribution in [2.75, 3.05) is 32.8 Å². The molecule has 0 radical (unpaired) electrons. The smallest absolute Gasteiger partial charge is 0.279 e. The summed E-state index contributed by atoms with van der Waals surface area (Å²) in [5.41, 5.74) is -0.446. The van der Waals surface area contributed by atoms with Crippen molar-refractivity contribution in [3.8, 4) is 11.5 Å². The first-order valence-electron chi connectivity index (χ1n) is 8.05. The molecule has 2 aromatic rings. The molecular weight excluding hydrogens is 358 g/mol. The van der Waals surface area contributed by atoms with Gasteiger partial charge in [-0.15, -0.1) is 0 Å². The fourth-order valence-corrected chi connectivity index (χ4v) is 3.10. The maximum absolute atomic E-state index is 12.8. The summed E-state index contributed by atoms with van der Waals surface area (Å²) in [6, 6.07) is 3.05. The number of thioether (sulfide) groups is 1. The number of nitrogens with zero attached hydrogens (tertiary/aromatic N) is 2. The van der Waals surface area contributed by atoms with Gasteiger partial charge in [-0.05, 0) is 30.6 Å². The molecule has 0 saturated heterocycles. The van der Waals surface area contributed by atoms with E-state index in [-0.39, 0.29) is 25.1 Å². The van der Waals surface area contributed by atoms with Gasteiger partial charge in [0.05, 0.1) is 38.5 Å². The van der Waals surface area contributed by atoms with Gasteiger partial charge in [-0.3, -0.25) is 9.59 Å². The van der Waals surface area contributed by atoms with E-state index in [1.165, 1.54) is 20.4 Å². The molecule has 26 heavy (non-hydrogen) atoms. The van der Waals surface area contributed by atoms with Crippen molar-refractivity contribution < 1.29 is 19.4 Å². The summed E-state index contributed by atoms with van der Waals surface area (Å²) in [6.45, 7) is -0.401. The van der Waals surface area contributed by atoms with Crippen LogP contribution in [0.15, 0.2) is 23.1 Å². The first kappa shape index (κ1) is 20.1. The van der Waals surface area contributed by atoms with E-state index in [1.807, 2.05) is 6.26 Å². The van der Waals surface area contributed by atoms with Crippen molar-refractivity contribution in [1.82, 2.24) is 15.1 Å². The molecule has 1 amide bonds. The number of aromatic nitrogens is 2. The molecule has 0 saturated carbocycles. The lowest BCUT2D eigenvalue weighted by atomic mass is 10.1. The molecule has 8 nitrogen and oxygen atoms in total. The predicted molar refractivity (Wildman–Crippen MR) is 101 cm³/mol. The molecular formula is C17H23N3O5S. The Balaban J connectivity index is 2.29. The molecule has 1 atom stereocenters. The summed E-state index contributed by atoms with van der Waals surface area (Å²) in [7, 11) is 2.94. The maximum atomic E-state index is 12.8. The topological polar surface area (TPSA) is 103 Å². The van der Waals surface area contributed by atoms with Crippen LogP contribution >= 0.6 is 11.8 Å². The van der Waals surface area contributed by atoms with Crippen LogP contribution in [0.4, 0.5) is 0 Å². The fraction of sp³-hybridized carbons (Fsp3) is 0.471. The lowest BCUT2D eigenvalue weighted by Gasteiger charge is -2.16. The number of carbonyl (C=O) groups is 1. The van der Waals surface area contributed by atoms with E-state index in [0.29, 0.717) is 28.7 Å². The van der Waals surface area contributed by atoms with Gasteiger partial charge in [0.1, 0.15) is 6.54 Å². The number of nitrogens with one attached hydrogen (secondary N) is 1. The summed E-state index contributed by atoms with van der Waals surface area (Å²) >= 11 is 1.63. The number of ether oxygens (including phenoxy) is 2. The second-order valence-corrected chi connectivity index (χ2v) is 6.59. The normalized spacial score (nSPS) is 12.0. The molecule has 0 fully saturated rings. The van der Waals surface area contributed by atoms with Gasteiger partial charge in [-0.1, -0.05) is 0 Å². The molecule has 1 heterocycles. The zero-order valence-electron chi connectivity index (χ0n) is 15.0. The Kier molecular flexibility index (Phi) is 7.28. The Morgan fingerprint density at radius 2 is 2.15 bits per heavy atom. The number of hydrogen-bond donors (Lipinski definition) is 2. The summed E-state index contributed by atoms with van der Waals surface area (Å²) < 4.78 is 11.6. The van der Waals surface area contributed by atoms with Crippen LogP contribution in [0.25, 0.3) is 10.8 Å². The van der Waals surface area contributed by atoms with Crippen molar-refractivity contribution in [3.05, 3.63) is 28.7 Å². The Morgan fingerprint density at radius 3 is 2.77 bits per heavy atom. The predicted octanol–water partition coefficient (Wildman–Crippen LogP) is 0.644. The van der Waals surface area contributed by atoms with Gasteiger partial charge in [0, 0.05) is 5.39 Å². The average molecular weight is 381 g/mol. The number of methoxy groups -OCH3 is 2. The molecule has 1 unspecified atom stereocenters. The van der Waals surface area contributed by atoms with E-state index in [4.69, 9.17) is 9.47 Å². The molecule has 0 aliphatic rings. The lowest BCUT2D eigenvalue weighted by Crippen LogP contribution is -2.41. The minimum atomic E-state index is -0.446. The zero-order chi connectivity index (χ0) is 19.1. The SMILES string of the molecule is COc1ccc2cnn(CC(=O)NC(CO)CCSC)c(=O)c2c1OC. The number of hydrogen-bond acceptors (Lipinski definition) is 7. The Hall–Kier alpha value is -2.26. The van der Waals surface area contributed by atoms with Gasteiger partial charge in [-0.25, -0.2) is 4.68 Å². The summed E-state index contributed by atoms with van der Waals surface area (Å²) in [6.07, 6.45) is 4.11. The second kappa shape index (κ2) is 9.44. The van der Waals surface area contributed by atoms with Gasteiger partial charge >= 0.3 is 0 Å². The van der Waals surface area contributed by atoms with Crippen molar-refractivity contribution in [2.24, 2.45) is 0 Å². The van der Waals surface area contributed by atoms with Crippen LogP contribution in [-0.4, -0.2) is 59.7 Å². The number of aliphatic hydroxyl groups excluding tert-OH is 1. The van der Waals surface area contributed by atoms with Crippen LogP contribution in [0.3, 0.4) is 0 Å². The largest absolute Gasteiger partial charge is 0.493 e. The minimum Gasteiger partial charge on any atom is -0.493 e. The van der Waals surface area contributed by atoms with Crippen molar-refractivity contribution in [1.29, 1.82) is 0 Å². The maximum Gasteiger partial charge on any atom is 0.279 e. The molecule has 1 aromatic heterocycles. The van der Waals surface area contributed by atoms with E-state index in [9.17, 15) is 14.7 Å². The van der Waals surface area contributed by atoms with Gasteiger partial charge in [0.15, 0.2) is 11.5 Å². The molecule has 0 aliphatic heterocycles. The monoisotopic (exact) mass is 381 g/mol. The quantitative estimate of drug-likeness (QED) is 0.657. The number of fused-ring (bicyclic) bond motifs is 1. The highest BCUT2D eigenvalue weighted by Gasteiger charge is 2.17. The minimum absolute atomic E-state index is 0.155. The van der Waals surface area contributed by atoms with Crippen LogP contribution in [0.1, 0.15) is 6.42 Å². The third-order valence-electron chi connectivity index (χ3n) is 3.91. The number of rotatable bonds is 9. The molecule has 9 heteroatoms. The summed E-state index contributed by atoms with van der Waals surface area (Å²) in [5.74, 6) is 1.16. The van der Waals surface area contributed by atoms with E-state index < -0.39 is 5.56 Å². The highest BCUT2D eigenvalue weighted by atomic mass is 32.2. The first-order chi connectivity index (χ1) is 12.5. The van der Waals surface area contributed by atoms with E-state index >= 15 is 0 Å². The van der Waals surface area contributed by atoms with E-state index in [0.717, 1.165) is 10.4 Å². The van der Waals surface area contributed by atoms with Gasteiger partial charge in [-0.2, -0.15) is 16.9 Å². The Bertz CT molecular complexity index is 824. The standard InChI is InChI=1S/C17H23N3O5S/c1-24-13-5-4-11-8-18-20(17(23)15(11)16(13)25-2)9-14(22)19-12(10-21)6-7-26-3/h4-5,8,12,21H,6-7,9-10H2,1-3H3,(H,19,22). The third-order valence-corrected chi connectivity index (χ3v) is 4.56. The molecule has 0 bridgehead atoms. The van der Waals surface area contributed by atoms with Gasteiger partial charge in [0.25, 0.3) is 5.56 Å². The van der Waals surface area contributed by atoms with Crippen LogP contribution in [-0.2, 0) is 11.3 Å². The van der Waals surface area contributed by atoms with Crippen LogP contribution in [0, 0.1) is 0 Å². The third kappa shape index (κ3) is 4.47. The number of carbonyl (C=O) groups excluding carboxylic acids is 1. The van der Waals surface area contributed by atoms with Crippen LogP contribution in [0.5, 0.6) is 11.5 Å². The number of aliphatic hydroxyl groups is 1. The number of benzene rings is 1. The van der Waals surface area contributed by atoms with Crippen molar-refractivity contribution >= 4 is 28.4 Å². The lowest BCUT2D eigenvalue weighted by molar-refractivity contribution is -0.122. The van der Waals surface area contributed by atoms with Crippen molar-refractivity contribution in [3.63, 3.8) is 0 Å². The van der Waals surface area contributed by atoms with Crippen LogP contribution < -0.4 is 20.3 Å². The Labute approximate surface area is 155 Å².